The number of aliphatic imine (C=N–C) groups is 1. The summed E-state index contributed by atoms with van der Waals surface area (Å²) < 4.78 is 24.2. The highest BCUT2D eigenvalue weighted by atomic mass is 35.5. The summed E-state index contributed by atoms with van der Waals surface area (Å²) in [5.41, 5.74) is 2.41. The van der Waals surface area contributed by atoms with Gasteiger partial charge in [-0.2, -0.15) is 0 Å². The molecule has 0 aliphatic carbocycles. The highest BCUT2D eigenvalue weighted by Gasteiger charge is 2.39. The molecule has 5 rings (SSSR count). The van der Waals surface area contributed by atoms with Gasteiger partial charge in [0.05, 0.1) is 23.5 Å². The van der Waals surface area contributed by atoms with Crippen LogP contribution in [0.4, 0.5) is 20.6 Å². The number of anilines is 1. The number of hydrogen-bond acceptors (Lipinski definition) is 7. The molecule has 1 unspecified atom stereocenters. The second-order valence-electron chi connectivity index (χ2n) is 9.08. The minimum atomic E-state index is -0.708. The average molecular weight is 607 g/mol. The molecule has 3 amide bonds. The second-order valence-corrected chi connectivity index (χ2v) is 10.6. The van der Waals surface area contributed by atoms with Gasteiger partial charge in [-0.05, 0) is 53.6 Å². The number of hydrogen-bond donors (Lipinski definition) is 2. The second kappa shape index (κ2) is 13.4. The van der Waals surface area contributed by atoms with Gasteiger partial charge in [0.2, 0.25) is 11.8 Å². The lowest BCUT2D eigenvalue weighted by molar-refractivity contribution is -0.126. The Morgan fingerprint density at radius 2 is 1.83 bits per heavy atom. The molecule has 1 saturated heterocycles. The molecule has 1 fully saturated rings. The van der Waals surface area contributed by atoms with Crippen LogP contribution in [-0.2, 0) is 27.5 Å². The molecule has 2 heterocycles. The number of rotatable bonds is 9. The molecule has 0 saturated carbocycles. The van der Waals surface area contributed by atoms with Crippen molar-refractivity contribution >= 4 is 57.8 Å². The number of halogens is 2. The van der Waals surface area contributed by atoms with Gasteiger partial charge in [0, 0.05) is 5.69 Å². The van der Waals surface area contributed by atoms with E-state index in [-0.39, 0.29) is 30.6 Å². The van der Waals surface area contributed by atoms with Crippen LogP contribution in [0.1, 0.15) is 22.1 Å². The summed E-state index contributed by atoms with van der Waals surface area (Å²) in [4.78, 5) is 43.8. The van der Waals surface area contributed by atoms with Gasteiger partial charge in [0.15, 0.2) is 5.17 Å². The van der Waals surface area contributed by atoms with Gasteiger partial charge < -0.3 is 19.8 Å². The number of benzene rings is 3. The van der Waals surface area contributed by atoms with Crippen LogP contribution in [0.3, 0.4) is 0 Å². The van der Waals surface area contributed by atoms with Crippen molar-refractivity contribution in [1.82, 2.24) is 10.2 Å². The molecule has 0 radical (unpaired) electrons. The Labute approximate surface area is 249 Å². The normalized spacial score (nSPS) is 15.6. The molecule has 0 bridgehead atoms. The molecule has 4 aromatic rings. The zero-order valence-corrected chi connectivity index (χ0v) is 23.5. The highest BCUT2D eigenvalue weighted by molar-refractivity contribution is 8.15. The zero-order chi connectivity index (χ0) is 29.5. The van der Waals surface area contributed by atoms with Crippen LogP contribution in [0.15, 0.2) is 101 Å². The third kappa shape index (κ3) is 7.36. The first-order valence-electron chi connectivity index (χ1n) is 12.7. The molecular weight excluding hydrogens is 583 g/mol. The van der Waals surface area contributed by atoms with E-state index in [1.165, 1.54) is 41.1 Å². The fraction of sp³-hybridized carbons (Fsp3) is 0.133. The van der Waals surface area contributed by atoms with Gasteiger partial charge in [-0.3, -0.25) is 14.5 Å². The summed E-state index contributed by atoms with van der Waals surface area (Å²) in [5.74, 6) is -0.641. The number of ether oxygens (including phenoxy) is 1. The lowest BCUT2D eigenvalue weighted by atomic mass is 10.1. The van der Waals surface area contributed by atoms with Crippen molar-refractivity contribution in [3.8, 4) is 0 Å². The number of nitrogens with zero attached hydrogens (tertiary/aromatic N) is 2. The lowest BCUT2D eigenvalue weighted by Gasteiger charge is -2.15. The first-order chi connectivity index (χ1) is 20.4. The largest absolute Gasteiger partial charge is 0.467 e. The highest BCUT2D eigenvalue weighted by Crippen LogP contribution is 2.41. The maximum Gasteiger partial charge on any atom is 0.407 e. The Kier molecular flexibility index (Phi) is 9.20. The van der Waals surface area contributed by atoms with Crippen molar-refractivity contribution in [2.45, 2.75) is 18.4 Å². The summed E-state index contributed by atoms with van der Waals surface area (Å²) in [6, 6.07) is 23.6. The number of thioether (sulfide) groups is 1. The molecule has 3 aromatic carbocycles. The number of amides is 3. The van der Waals surface area contributed by atoms with Gasteiger partial charge >= 0.3 is 6.09 Å². The van der Waals surface area contributed by atoms with Crippen LogP contribution < -0.4 is 10.6 Å². The molecule has 214 valence electrons. The molecule has 1 aliphatic rings. The monoisotopic (exact) mass is 606 g/mol. The molecule has 0 spiro atoms. The summed E-state index contributed by atoms with van der Waals surface area (Å²) >= 11 is 7.16. The number of amidine groups is 1. The smallest absolute Gasteiger partial charge is 0.407 e. The SMILES string of the molecule is O=C(CNC(=O)OCc1ccccc1)Nc1ccc(C2SC(=Nc3ccc(F)c(Cl)c3)N(Cc3ccco3)C2=O)cc1. The van der Waals surface area contributed by atoms with Crippen molar-refractivity contribution < 1.29 is 27.9 Å². The van der Waals surface area contributed by atoms with Crippen molar-refractivity contribution in [1.29, 1.82) is 0 Å². The predicted octanol–water partition coefficient (Wildman–Crippen LogP) is 6.44. The molecule has 2 N–H and O–H groups in total. The number of alkyl carbamates (subject to hydrolysis) is 1. The summed E-state index contributed by atoms with van der Waals surface area (Å²) in [5, 5.41) is 4.84. The maximum atomic E-state index is 13.7. The van der Waals surface area contributed by atoms with Crippen LogP contribution in [-0.4, -0.2) is 34.5 Å². The quantitative estimate of drug-likeness (QED) is 0.227. The van der Waals surface area contributed by atoms with Gasteiger partial charge in [-0.25, -0.2) is 14.2 Å². The van der Waals surface area contributed by atoms with Crippen LogP contribution in [0.25, 0.3) is 0 Å². The van der Waals surface area contributed by atoms with Crippen molar-refractivity contribution in [3.05, 3.63) is 119 Å². The number of furan rings is 1. The molecule has 42 heavy (non-hydrogen) atoms. The molecular formula is C30H24ClFN4O5S. The maximum absolute atomic E-state index is 13.7. The van der Waals surface area contributed by atoms with Gasteiger partial charge in [-0.15, -0.1) is 0 Å². The van der Waals surface area contributed by atoms with Crippen LogP contribution in [0, 0.1) is 5.82 Å². The topological polar surface area (TPSA) is 113 Å². The van der Waals surface area contributed by atoms with Crippen molar-refractivity contribution in [3.63, 3.8) is 0 Å². The van der Waals surface area contributed by atoms with E-state index in [1.807, 2.05) is 30.3 Å². The average Bonchev–Trinajstić information content (AvgIpc) is 3.62. The van der Waals surface area contributed by atoms with Crippen molar-refractivity contribution in [2.24, 2.45) is 4.99 Å². The van der Waals surface area contributed by atoms with Gasteiger partial charge in [-0.1, -0.05) is 65.8 Å². The summed E-state index contributed by atoms with van der Waals surface area (Å²) in [6.45, 7) is -0.0179. The summed E-state index contributed by atoms with van der Waals surface area (Å²) in [7, 11) is 0. The molecule has 1 atom stereocenters. The van der Waals surface area contributed by atoms with Gasteiger partial charge in [0.25, 0.3) is 0 Å². The first kappa shape index (κ1) is 28.9. The van der Waals surface area contributed by atoms with Crippen LogP contribution in [0.5, 0.6) is 0 Å². The number of carbonyl (C=O) groups excluding carboxylic acids is 3. The fourth-order valence-electron chi connectivity index (χ4n) is 3.99. The first-order valence-corrected chi connectivity index (χ1v) is 14.0. The fourth-order valence-corrected chi connectivity index (χ4v) is 5.34. The molecule has 1 aromatic heterocycles. The molecule has 1 aliphatic heterocycles. The minimum Gasteiger partial charge on any atom is -0.467 e. The van der Waals surface area contributed by atoms with Crippen molar-refractivity contribution in [2.75, 3.05) is 11.9 Å². The number of nitrogens with one attached hydrogen (secondary N) is 2. The Balaban J connectivity index is 1.21. The summed E-state index contributed by atoms with van der Waals surface area (Å²) in [6.07, 6.45) is 0.813. The minimum absolute atomic E-state index is 0.0720. The lowest BCUT2D eigenvalue weighted by Crippen LogP contribution is -2.33. The third-order valence-corrected chi connectivity index (χ3v) is 7.59. The van der Waals surface area contributed by atoms with E-state index < -0.39 is 23.1 Å². The van der Waals surface area contributed by atoms with E-state index in [1.54, 1.807) is 36.4 Å². The standard InChI is InChI=1S/C30H24ClFN4O5S/c31-24-15-22(12-13-25(24)32)35-29-36(17-23-7-4-14-40-23)28(38)27(42-29)20-8-10-21(11-9-20)34-26(37)16-33-30(39)41-18-19-5-2-1-3-6-19/h1-15,27H,16-18H2,(H,33,39)(H,34,37). The van der Waals surface area contributed by atoms with E-state index in [4.69, 9.17) is 20.8 Å². The number of carbonyl (C=O) groups is 3. The third-order valence-electron chi connectivity index (χ3n) is 6.07. The Morgan fingerprint density at radius 1 is 1.05 bits per heavy atom. The van der Waals surface area contributed by atoms with E-state index in [9.17, 15) is 18.8 Å². The predicted molar refractivity (Wildman–Crippen MR) is 158 cm³/mol. The van der Waals surface area contributed by atoms with E-state index in [0.29, 0.717) is 27.9 Å². The van der Waals surface area contributed by atoms with E-state index in [2.05, 4.69) is 15.6 Å². The molecule has 9 nitrogen and oxygen atoms in total. The van der Waals surface area contributed by atoms with E-state index >= 15 is 0 Å². The zero-order valence-electron chi connectivity index (χ0n) is 22.0. The van der Waals surface area contributed by atoms with E-state index in [0.717, 1.165) is 5.56 Å². The molecule has 12 heteroatoms. The van der Waals surface area contributed by atoms with Crippen LogP contribution in [0.2, 0.25) is 5.02 Å². The van der Waals surface area contributed by atoms with Gasteiger partial charge in [0.1, 0.15) is 30.0 Å². The Morgan fingerprint density at radius 3 is 2.55 bits per heavy atom. The Hall–Kier alpha value is -4.61. The van der Waals surface area contributed by atoms with Crippen LogP contribution >= 0.6 is 23.4 Å². The Bertz CT molecular complexity index is 1600.